The number of hydrogen-bond acceptors (Lipinski definition) is 8. The van der Waals surface area contributed by atoms with Gasteiger partial charge in [0.05, 0.1) is 19.8 Å². The van der Waals surface area contributed by atoms with Gasteiger partial charge in [-0.25, -0.2) is 4.79 Å². The second-order valence-electron chi connectivity index (χ2n) is 12.5. The number of aliphatic carboxylic acids is 2. The molecule has 0 aliphatic heterocycles. The minimum Gasteiger partial charge on any atom is -0.481 e. The number of carboxylic acid groups (broad SMARTS) is 2. The first-order chi connectivity index (χ1) is 22.5. The third-order valence-electron chi connectivity index (χ3n) is 7.88. The SMILES string of the molecule is CC(C)C(=O)COCCOCCNC(=O)C(=O)CC[C@H](NC(=O)CCCCCCCCCCCCCCCCCCC(=O)O)C(=O)O. The molecular weight excluding hydrogens is 608 g/mol. The fourth-order valence-corrected chi connectivity index (χ4v) is 4.84. The lowest BCUT2D eigenvalue weighted by Crippen LogP contribution is -2.42. The molecule has 0 bridgehead atoms. The largest absolute Gasteiger partial charge is 0.481 e. The summed E-state index contributed by atoms with van der Waals surface area (Å²) in [5.41, 5.74) is 0. The van der Waals surface area contributed by atoms with Crippen LogP contribution in [0.3, 0.4) is 0 Å². The Morgan fingerprint density at radius 1 is 0.596 bits per heavy atom. The third-order valence-corrected chi connectivity index (χ3v) is 7.88. The molecule has 47 heavy (non-hydrogen) atoms. The Morgan fingerprint density at radius 2 is 1.06 bits per heavy atom. The molecule has 0 saturated heterocycles. The number of nitrogens with one attached hydrogen (secondary N) is 2. The first kappa shape index (κ1) is 44.1. The van der Waals surface area contributed by atoms with Crippen LogP contribution in [-0.2, 0) is 38.2 Å². The summed E-state index contributed by atoms with van der Waals surface area (Å²) in [6.07, 6.45) is 17.8. The van der Waals surface area contributed by atoms with Crippen molar-refractivity contribution in [3.8, 4) is 0 Å². The van der Waals surface area contributed by atoms with Crippen molar-refractivity contribution in [2.75, 3.05) is 33.0 Å². The molecular formula is C35H62N2O10. The molecule has 0 fully saturated rings. The summed E-state index contributed by atoms with van der Waals surface area (Å²) >= 11 is 0. The van der Waals surface area contributed by atoms with Crippen molar-refractivity contribution < 1.29 is 48.5 Å². The average Bonchev–Trinajstić information content (AvgIpc) is 3.02. The van der Waals surface area contributed by atoms with Crippen LogP contribution in [0.2, 0.25) is 0 Å². The van der Waals surface area contributed by atoms with Crippen LogP contribution in [0.4, 0.5) is 0 Å². The van der Waals surface area contributed by atoms with Gasteiger partial charge in [0.2, 0.25) is 11.7 Å². The van der Waals surface area contributed by atoms with E-state index in [1.54, 1.807) is 13.8 Å². The van der Waals surface area contributed by atoms with Gasteiger partial charge in [-0.3, -0.25) is 24.0 Å². The van der Waals surface area contributed by atoms with Gasteiger partial charge in [0.15, 0.2) is 5.78 Å². The number of amides is 2. The van der Waals surface area contributed by atoms with Gasteiger partial charge in [-0.1, -0.05) is 104 Å². The van der Waals surface area contributed by atoms with E-state index in [1.165, 1.54) is 57.8 Å². The Hall–Kier alpha value is -2.86. The number of rotatable bonds is 34. The molecule has 0 rings (SSSR count). The van der Waals surface area contributed by atoms with E-state index in [4.69, 9.17) is 14.6 Å². The summed E-state index contributed by atoms with van der Waals surface area (Å²) in [5.74, 6) is -4.01. The summed E-state index contributed by atoms with van der Waals surface area (Å²) in [6.45, 7) is 4.32. The number of carbonyl (C=O) groups excluding carboxylic acids is 4. The number of unbranched alkanes of at least 4 members (excludes halogenated alkanes) is 15. The maximum absolute atomic E-state index is 12.3. The molecule has 272 valence electrons. The molecule has 0 saturated carbocycles. The summed E-state index contributed by atoms with van der Waals surface area (Å²) in [5, 5.41) is 23.0. The molecule has 0 aromatic heterocycles. The zero-order chi connectivity index (χ0) is 35.1. The highest BCUT2D eigenvalue weighted by Crippen LogP contribution is 2.14. The maximum atomic E-state index is 12.3. The topological polar surface area (TPSA) is 185 Å². The fourth-order valence-electron chi connectivity index (χ4n) is 4.84. The molecule has 0 aliphatic carbocycles. The van der Waals surface area contributed by atoms with Crippen molar-refractivity contribution >= 4 is 35.3 Å². The highest BCUT2D eigenvalue weighted by Gasteiger charge is 2.23. The van der Waals surface area contributed by atoms with Gasteiger partial charge in [0.1, 0.15) is 12.6 Å². The standard InChI is InChI=1S/C35H62N2O10/c1-28(2)31(39)27-47-26-25-46-24-23-36-34(43)30(38)22-21-29(35(44)45)37-32(40)19-17-15-13-11-9-7-5-3-4-6-8-10-12-14-16-18-20-33(41)42/h28-29H,3-27H2,1-2H3,(H,36,43)(H,37,40)(H,41,42)(H,44,45)/t29-/m0/s1. The fraction of sp³-hybridized carbons (Fsp3) is 0.829. The van der Waals surface area contributed by atoms with E-state index in [0.29, 0.717) is 6.42 Å². The van der Waals surface area contributed by atoms with E-state index in [0.717, 1.165) is 38.5 Å². The molecule has 0 spiro atoms. The first-order valence-electron chi connectivity index (χ1n) is 17.8. The molecule has 0 aliphatic rings. The summed E-state index contributed by atoms with van der Waals surface area (Å²) in [7, 11) is 0. The Bertz CT molecular complexity index is 894. The van der Waals surface area contributed by atoms with Crippen LogP contribution >= 0.6 is 0 Å². The lowest BCUT2D eigenvalue weighted by molar-refractivity contribution is -0.143. The van der Waals surface area contributed by atoms with Gasteiger partial charge in [-0.05, 0) is 19.3 Å². The Morgan fingerprint density at radius 3 is 1.53 bits per heavy atom. The summed E-state index contributed by atoms with van der Waals surface area (Å²) in [4.78, 5) is 69.9. The van der Waals surface area contributed by atoms with E-state index in [-0.39, 0.29) is 76.3 Å². The smallest absolute Gasteiger partial charge is 0.326 e. The molecule has 0 unspecified atom stereocenters. The molecule has 0 heterocycles. The van der Waals surface area contributed by atoms with Crippen molar-refractivity contribution in [1.29, 1.82) is 0 Å². The number of hydrogen-bond donors (Lipinski definition) is 4. The van der Waals surface area contributed by atoms with Crippen LogP contribution in [0, 0.1) is 5.92 Å². The monoisotopic (exact) mass is 670 g/mol. The quantitative estimate of drug-likeness (QED) is 0.0511. The van der Waals surface area contributed by atoms with Crippen molar-refractivity contribution in [3.05, 3.63) is 0 Å². The number of ketones is 2. The lowest BCUT2D eigenvalue weighted by Gasteiger charge is -2.14. The number of carbonyl (C=O) groups is 6. The van der Waals surface area contributed by atoms with Gasteiger partial charge >= 0.3 is 11.9 Å². The number of carboxylic acids is 2. The van der Waals surface area contributed by atoms with Gasteiger partial charge in [0.25, 0.3) is 5.91 Å². The van der Waals surface area contributed by atoms with Gasteiger partial charge < -0.3 is 30.3 Å². The van der Waals surface area contributed by atoms with Crippen LogP contribution in [0.15, 0.2) is 0 Å². The van der Waals surface area contributed by atoms with Crippen molar-refractivity contribution in [3.63, 3.8) is 0 Å². The Labute approximate surface area is 281 Å². The van der Waals surface area contributed by atoms with E-state index in [2.05, 4.69) is 10.6 Å². The zero-order valence-electron chi connectivity index (χ0n) is 29.0. The summed E-state index contributed by atoms with van der Waals surface area (Å²) in [6, 6.07) is -1.24. The minimum absolute atomic E-state index is 0.00305. The highest BCUT2D eigenvalue weighted by molar-refractivity contribution is 6.36. The van der Waals surface area contributed by atoms with Crippen LogP contribution in [-0.4, -0.2) is 84.5 Å². The predicted octanol–water partition coefficient (Wildman–Crippen LogP) is 5.39. The van der Waals surface area contributed by atoms with Crippen molar-refractivity contribution in [2.24, 2.45) is 5.92 Å². The normalized spacial score (nSPS) is 11.7. The van der Waals surface area contributed by atoms with E-state index in [1.807, 2.05) is 0 Å². The predicted molar refractivity (Wildman–Crippen MR) is 179 cm³/mol. The van der Waals surface area contributed by atoms with Crippen molar-refractivity contribution in [2.45, 2.75) is 148 Å². The third kappa shape index (κ3) is 29.0. The second kappa shape index (κ2) is 30.5. The molecule has 0 radical (unpaired) electrons. The molecule has 12 heteroatoms. The zero-order valence-corrected chi connectivity index (χ0v) is 29.0. The van der Waals surface area contributed by atoms with E-state index >= 15 is 0 Å². The summed E-state index contributed by atoms with van der Waals surface area (Å²) < 4.78 is 10.5. The molecule has 12 nitrogen and oxygen atoms in total. The van der Waals surface area contributed by atoms with Crippen LogP contribution < -0.4 is 10.6 Å². The maximum Gasteiger partial charge on any atom is 0.326 e. The number of ether oxygens (including phenoxy) is 2. The molecule has 0 aromatic carbocycles. The van der Waals surface area contributed by atoms with Gasteiger partial charge in [-0.2, -0.15) is 0 Å². The van der Waals surface area contributed by atoms with Crippen LogP contribution in [0.1, 0.15) is 142 Å². The highest BCUT2D eigenvalue weighted by atomic mass is 16.5. The molecule has 0 aromatic rings. The van der Waals surface area contributed by atoms with Crippen LogP contribution in [0.5, 0.6) is 0 Å². The Kier molecular flexibility index (Phi) is 28.6. The first-order valence-corrected chi connectivity index (χ1v) is 17.8. The molecule has 2 amide bonds. The molecule has 1 atom stereocenters. The van der Waals surface area contributed by atoms with Crippen molar-refractivity contribution in [1.82, 2.24) is 10.6 Å². The van der Waals surface area contributed by atoms with Gasteiger partial charge in [0, 0.05) is 31.7 Å². The lowest BCUT2D eigenvalue weighted by atomic mass is 10.0. The van der Waals surface area contributed by atoms with E-state index < -0.39 is 29.7 Å². The average molecular weight is 671 g/mol. The van der Waals surface area contributed by atoms with Gasteiger partial charge in [-0.15, -0.1) is 0 Å². The van der Waals surface area contributed by atoms with E-state index in [9.17, 15) is 33.9 Å². The molecule has 4 N–H and O–H groups in total. The Balaban J connectivity index is 3.75. The van der Waals surface area contributed by atoms with Crippen LogP contribution in [0.25, 0.3) is 0 Å². The minimum atomic E-state index is -1.25. The second-order valence-corrected chi connectivity index (χ2v) is 12.5. The number of Topliss-reactive ketones (excluding diaryl/α,β-unsaturated/α-hetero) is 2.